The van der Waals surface area contributed by atoms with E-state index < -0.39 is 23.4 Å². The van der Waals surface area contributed by atoms with Gasteiger partial charge in [-0.05, 0) is 75.0 Å². The van der Waals surface area contributed by atoms with Gasteiger partial charge in [0.1, 0.15) is 17.2 Å². The van der Waals surface area contributed by atoms with E-state index in [1.54, 1.807) is 0 Å². The van der Waals surface area contributed by atoms with E-state index >= 15 is 0 Å². The largest absolute Gasteiger partial charge is 0.422 e. The lowest BCUT2D eigenvalue weighted by Crippen LogP contribution is -2.16. The van der Waals surface area contributed by atoms with Gasteiger partial charge in [0.25, 0.3) is 0 Å². The lowest BCUT2D eigenvalue weighted by atomic mass is 9.77. The Morgan fingerprint density at radius 1 is 1.00 bits per heavy atom. The molecule has 0 N–H and O–H groups in total. The zero-order valence-electron chi connectivity index (χ0n) is 14.5. The average Bonchev–Trinajstić information content (AvgIpc) is 2.53. The Morgan fingerprint density at radius 2 is 1.60 bits per heavy atom. The summed E-state index contributed by atoms with van der Waals surface area (Å²) < 4.78 is 65.4. The summed E-state index contributed by atoms with van der Waals surface area (Å²) in [5.74, 6) is -2.45. The van der Waals surface area contributed by atoms with Crippen LogP contribution in [0.2, 0.25) is 0 Å². The second-order valence-electron chi connectivity index (χ2n) is 6.93. The van der Waals surface area contributed by atoms with Gasteiger partial charge in [0, 0.05) is 0 Å². The van der Waals surface area contributed by atoms with Crippen LogP contribution in [-0.2, 0) is 6.18 Å². The van der Waals surface area contributed by atoms with E-state index in [4.69, 9.17) is 0 Å². The summed E-state index contributed by atoms with van der Waals surface area (Å²) >= 11 is 0. The Balaban J connectivity index is 1.90. The third-order valence-electron chi connectivity index (χ3n) is 5.13. The maximum Gasteiger partial charge on any atom is 0.422 e. The Morgan fingerprint density at radius 3 is 2.12 bits per heavy atom. The van der Waals surface area contributed by atoms with Crippen molar-refractivity contribution in [3.05, 3.63) is 47.0 Å². The Kier molecular flexibility index (Phi) is 7.03. The van der Waals surface area contributed by atoms with Crippen molar-refractivity contribution in [2.45, 2.75) is 70.4 Å². The average molecular weight is 360 g/mol. The minimum Gasteiger partial charge on any atom is -0.206 e. The summed E-state index contributed by atoms with van der Waals surface area (Å²) in [6.07, 6.45) is 7.29. The van der Waals surface area contributed by atoms with Crippen LogP contribution >= 0.6 is 0 Å². The van der Waals surface area contributed by atoms with Crippen molar-refractivity contribution < 1.29 is 22.0 Å². The van der Waals surface area contributed by atoms with E-state index in [0.717, 1.165) is 50.7 Å². The molecule has 1 fully saturated rings. The summed E-state index contributed by atoms with van der Waals surface area (Å²) in [6, 6.07) is 1.74. The van der Waals surface area contributed by atoms with E-state index in [1.807, 2.05) is 13.0 Å². The second kappa shape index (κ2) is 8.81. The molecule has 1 aliphatic rings. The van der Waals surface area contributed by atoms with Crippen molar-refractivity contribution in [2.24, 2.45) is 5.92 Å². The zero-order chi connectivity index (χ0) is 18.4. The molecule has 0 unspecified atom stereocenters. The first-order chi connectivity index (χ1) is 11.8. The lowest BCUT2D eigenvalue weighted by molar-refractivity contribution is -0.142. The van der Waals surface area contributed by atoms with Crippen molar-refractivity contribution in [3.8, 4) is 0 Å². The highest BCUT2D eigenvalue weighted by Gasteiger charge is 2.38. The molecule has 0 spiro atoms. The molecule has 0 amide bonds. The molecular formula is C20H25F5. The third kappa shape index (κ3) is 5.55. The van der Waals surface area contributed by atoms with Gasteiger partial charge in [-0.25, -0.2) is 8.78 Å². The van der Waals surface area contributed by atoms with Crippen LogP contribution in [0.15, 0.2) is 24.3 Å². The van der Waals surface area contributed by atoms with Crippen LogP contribution in [0.3, 0.4) is 0 Å². The number of alkyl halides is 3. The first-order valence-corrected chi connectivity index (χ1v) is 9.00. The fourth-order valence-corrected chi connectivity index (χ4v) is 3.75. The second-order valence-corrected chi connectivity index (χ2v) is 6.93. The van der Waals surface area contributed by atoms with E-state index in [2.05, 4.69) is 6.08 Å². The van der Waals surface area contributed by atoms with Crippen LogP contribution in [0.25, 0.3) is 0 Å². The Labute approximate surface area is 146 Å². The highest BCUT2D eigenvalue weighted by molar-refractivity contribution is 5.30. The predicted molar refractivity (Wildman–Crippen MR) is 89.3 cm³/mol. The van der Waals surface area contributed by atoms with Gasteiger partial charge in [-0.3, -0.25) is 0 Å². The molecule has 25 heavy (non-hydrogen) atoms. The lowest BCUT2D eigenvalue weighted by Gasteiger charge is -2.29. The number of unbranched alkanes of at least 4 members (excludes halogenated alkanes) is 2. The highest BCUT2D eigenvalue weighted by Crippen LogP contribution is 2.40. The first kappa shape index (κ1) is 19.9. The topological polar surface area (TPSA) is 0 Å². The van der Waals surface area contributed by atoms with Gasteiger partial charge in [-0.1, -0.05) is 25.0 Å². The molecule has 0 aliphatic heterocycles. The van der Waals surface area contributed by atoms with Crippen molar-refractivity contribution in [1.82, 2.24) is 0 Å². The molecule has 0 radical (unpaired) electrons. The van der Waals surface area contributed by atoms with Crippen LogP contribution in [0.4, 0.5) is 22.0 Å². The van der Waals surface area contributed by atoms with Gasteiger partial charge in [-0.15, -0.1) is 0 Å². The molecule has 0 heterocycles. The van der Waals surface area contributed by atoms with Gasteiger partial charge in [0.2, 0.25) is 0 Å². The quantitative estimate of drug-likeness (QED) is 0.282. The molecule has 140 valence electrons. The van der Waals surface area contributed by atoms with Gasteiger partial charge in [0.15, 0.2) is 0 Å². The minimum atomic E-state index is -5.00. The Hall–Kier alpha value is -1.39. The van der Waals surface area contributed by atoms with Gasteiger partial charge < -0.3 is 0 Å². The number of allylic oxidation sites excluding steroid dienone is 2. The van der Waals surface area contributed by atoms with E-state index in [0.29, 0.717) is 11.5 Å². The van der Waals surface area contributed by atoms with E-state index in [-0.39, 0.29) is 5.92 Å². The molecule has 1 aromatic rings. The standard InChI is InChI=1S/C20H25F5/c1-2-3-4-5-6-7-14-8-10-15(11-9-14)16-12-17(21)19(18(22)13-16)20(23,24)25/h2-3,12-15H,4-11H2,1H3/b3-2+/t14-,15-. The molecule has 0 bridgehead atoms. The molecule has 0 atom stereocenters. The molecule has 5 heteroatoms. The monoisotopic (exact) mass is 360 g/mol. The highest BCUT2D eigenvalue weighted by atomic mass is 19.4. The summed E-state index contributed by atoms with van der Waals surface area (Å²) in [7, 11) is 0. The molecule has 1 aliphatic carbocycles. The van der Waals surface area contributed by atoms with Crippen molar-refractivity contribution >= 4 is 0 Å². The van der Waals surface area contributed by atoms with Crippen molar-refractivity contribution in [1.29, 1.82) is 0 Å². The molecular weight excluding hydrogens is 335 g/mol. The fraction of sp³-hybridized carbons (Fsp3) is 0.600. The fourth-order valence-electron chi connectivity index (χ4n) is 3.75. The summed E-state index contributed by atoms with van der Waals surface area (Å²) in [5, 5.41) is 0. The maximum absolute atomic E-state index is 13.7. The van der Waals surface area contributed by atoms with Gasteiger partial charge >= 0.3 is 6.18 Å². The maximum atomic E-state index is 13.7. The molecule has 2 rings (SSSR count). The first-order valence-electron chi connectivity index (χ1n) is 9.00. The smallest absolute Gasteiger partial charge is 0.206 e. The van der Waals surface area contributed by atoms with Crippen molar-refractivity contribution in [3.63, 3.8) is 0 Å². The summed E-state index contributed by atoms with van der Waals surface area (Å²) in [4.78, 5) is 0. The van der Waals surface area contributed by atoms with Crippen LogP contribution in [0, 0.1) is 17.6 Å². The summed E-state index contributed by atoms with van der Waals surface area (Å²) in [5.41, 5.74) is -1.43. The van der Waals surface area contributed by atoms with Crippen molar-refractivity contribution in [2.75, 3.05) is 0 Å². The number of hydrogen-bond donors (Lipinski definition) is 0. The molecule has 1 saturated carbocycles. The van der Waals surface area contributed by atoms with Gasteiger partial charge in [-0.2, -0.15) is 13.2 Å². The molecule has 0 saturated heterocycles. The molecule has 0 nitrogen and oxygen atoms in total. The number of benzene rings is 1. The predicted octanol–water partition coefficient (Wildman–Crippen LogP) is 7.39. The summed E-state index contributed by atoms with van der Waals surface area (Å²) in [6.45, 7) is 2.01. The molecule has 0 aromatic heterocycles. The van der Waals surface area contributed by atoms with E-state index in [9.17, 15) is 22.0 Å². The Bertz CT molecular complexity index is 557. The van der Waals surface area contributed by atoms with Gasteiger partial charge in [0.05, 0.1) is 0 Å². The number of halogens is 5. The zero-order valence-corrected chi connectivity index (χ0v) is 14.5. The van der Waals surface area contributed by atoms with Crippen LogP contribution in [-0.4, -0.2) is 0 Å². The van der Waals surface area contributed by atoms with Crippen LogP contribution in [0.5, 0.6) is 0 Å². The van der Waals surface area contributed by atoms with Crippen LogP contribution < -0.4 is 0 Å². The third-order valence-corrected chi connectivity index (χ3v) is 5.13. The molecule has 1 aromatic carbocycles. The van der Waals surface area contributed by atoms with Crippen LogP contribution in [0.1, 0.15) is 75.3 Å². The SMILES string of the molecule is C/C=C/CCCC[C@H]1CC[C@H](c2cc(F)c(C(F)(F)F)c(F)c2)CC1. The normalized spacial score (nSPS) is 21.8. The number of rotatable bonds is 6. The van der Waals surface area contributed by atoms with E-state index in [1.165, 1.54) is 12.8 Å². The number of hydrogen-bond acceptors (Lipinski definition) is 0. The minimum absolute atomic E-state index is 0.0504.